The number of rotatable bonds is 9. The molecule has 4 atom stereocenters. The van der Waals surface area contributed by atoms with Gasteiger partial charge >= 0.3 is 23.9 Å². The molecule has 2 rings (SSSR count). The summed E-state index contributed by atoms with van der Waals surface area (Å²) in [4.78, 5) is 57.4. The Morgan fingerprint density at radius 2 is 1.88 bits per heavy atom. The first kappa shape index (κ1) is 25.5. The van der Waals surface area contributed by atoms with Crippen LogP contribution in [-0.4, -0.2) is 66.9 Å². The maximum Gasteiger partial charge on any atom is 0.330 e. The number of carbonyl (C=O) groups excluding carboxylic acids is 4. The van der Waals surface area contributed by atoms with E-state index >= 15 is 0 Å². The van der Waals surface area contributed by atoms with Crippen LogP contribution in [0.4, 0.5) is 5.69 Å². The van der Waals surface area contributed by atoms with Crippen molar-refractivity contribution in [2.24, 2.45) is 0 Å². The van der Waals surface area contributed by atoms with Crippen molar-refractivity contribution in [1.82, 2.24) is 0 Å². The number of non-ortho nitro benzene ring substituents is 1. The second kappa shape index (κ2) is 11.7. The van der Waals surface area contributed by atoms with Crippen molar-refractivity contribution in [3.63, 3.8) is 0 Å². The predicted octanol–water partition coefficient (Wildman–Crippen LogP) is 1.35. The number of hydrogen-bond acceptors (Lipinski definition) is 11. The largest absolute Gasteiger partial charge is 0.458 e. The standard InChI is InChI=1S/C21H23NO11/c1-12(23)31-17(21-20(32-13(2)24)16(29-3)10-19(26)33-21)11-30-18(25)9-6-14-4-7-15(8-5-14)22(27)28/h4-9,16-17,20-21H,10-11H2,1-3H3/b9-6+/t16-,17+,20+,21+/m0/s1. The van der Waals surface area contributed by atoms with Crippen LogP contribution in [-0.2, 0) is 42.9 Å². The van der Waals surface area contributed by atoms with Gasteiger partial charge in [0.05, 0.1) is 11.3 Å². The Bertz CT molecular complexity index is 925. The fourth-order valence-electron chi connectivity index (χ4n) is 3.09. The third-order valence-electron chi connectivity index (χ3n) is 4.52. The van der Waals surface area contributed by atoms with Gasteiger partial charge in [0.25, 0.3) is 5.69 Å². The average Bonchev–Trinajstić information content (AvgIpc) is 2.75. The molecule has 0 amide bonds. The Labute approximate surface area is 188 Å². The summed E-state index contributed by atoms with van der Waals surface area (Å²) in [5.74, 6) is -2.90. The Morgan fingerprint density at radius 1 is 1.21 bits per heavy atom. The molecular weight excluding hydrogens is 442 g/mol. The van der Waals surface area contributed by atoms with E-state index in [-0.39, 0.29) is 12.1 Å². The minimum atomic E-state index is -1.27. The smallest absolute Gasteiger partial charge is 0.330 e. The van der Waals surface area contributed by atoms with Crippen LogP contribution in [0.1, 0.15) is 25.8 Å². The summed E-state index contributed by atoms with van der Waals surface area (Å²) in [6.07, 6.45) is -2.23. The molecule has 0 aliphatic carbocycles. The molecule has 33 heavy (non-hydrogen) atoms. The predicted molar refractivity (Wildman–Crippen MR) is 109 cm³/mol. The average molecular weight is 465 g/mol. The van der Waals surface area contributed by atoms with E-state index in [9.17, 15) is 29.3 Å². The molecule has 1 aliphatic heterocycles. The van der Waals surface area contributed by atoms with Gasteiger partial charge in [0.15, 0.2) is 18.3 Å². The molecular formula is C21H23NO11. The second-order valence-corrected chi connectivity index (χ2v) is 6.97. The topological polar surface area (TPSA) is 158 Å². The summed E-state index contributed by atoms with van der Waals surface area (Å²) in [6.45, 7) is 1.77. The molecule has 0 N–H and O–H groups in total. The molecule has 0 aromatic heterocycles. The molecule has 0 radical (unpaired) electrons. The Balaban J connectivity index is 2.11. The first-order valence-corrected chi connectivity index (χ1v) is 9.76. The van der Waals surface area contributed by atoms with Gasteiger partial charge in [-0.1, -0.05) is 0 Å². The lowest BCUT2D eigenvalue weighted by molar-refractivity contribution is -0.384. The van der Waals surface area contributed by atoms with Crippen molar-refractivity contribution in [2.75, 3.05) is 13.7 Å². The highest BCUT2D eigenvalue weighted by molar-refractivity contribution is 5.87. The third kappa shape index (κ3) is 7.68. The van der Waals surface area contributed by atoms with Crippen LogP contribution in [0.15, 0.2) is 30.3 Å². The maximum atomic E-state index is 12.1. The molecule has 178 valence electrons. The molecule has 1 heterocycles. The van der Waals surface area contributed by atoms with E-state index in [1.165, 1.54) is 37.5 Å². The zero-order valence-corrected chi connectivity index (χ0v) is 18.1. The van der Waals surface area contributed by atoms with Crippen LogP contribution in [0.2, 0.25) is 0 Å². The van der Waals surface area contributed by atoms with Crippen molar-refractivity contribution >= 4 is 35.6 Å². The zero-order valence-electron chi connectivity index (χ0n) is 18.1. The van der Waals surface area contributed by atoms with Crippen molar-refractivity contribution in [3.05, 3.63) is 46.0 Å². The quantitative estimate of drug-likeness (QED) is 0.170. The highest BCUT2D eigenvalue weighted by Crippen LogP contribution is 2.26. The van der Waals surface area contributed by atoms with Gasteiger partial charge in [-0.3, -0.25) is 24.5 Å². The van der Waals surface area contributed by atoms with E-state index < -0.39 is 59.8 Å². The molecule has 12 nitrogen and oxygen atoms in total. The van der Waals surface area contributed by atoms with Gasteiger partial charge in [0.2, 0.25) is 0 Å². The van der Waals surface area contributed by atoms with E-state index in [1.54, 1.807) is 0 Å². The molecule has 0 saturated carbocycles. The molecule has 0 bridgehead atoms. The van der Waals surface area contributed by atoms with Gasteiger partial charge in [-0.15, -0.1) is 0 Å². The number of cyclic esters (lactones) is 1. The Morgan fingerprint density at radius 3 is 2.42 bits per heavy atom. The van der Waals surface area contributed by atoms with Crippen LogP contribution >= 0.6 is 0 Å². The maximum absolute atomic E-state index is 12.1. The summed E-state index contributed by atoms with van der Waals surface area (Å²) in [5, 5.41) is 10.7. The summed E-state index contributed by atoms with van der Waals surface area (Å²) >= 11 is 0. The van der Waals surface area contributed by atoms with Crippen molar-refractivity contribution < 1.29 is 47.8 Å². The molecule has 1 aromatic rings. The monoisotopic (exact) mass is 465 g/mol. The van der Waals surface area contributed by atoms with Crippen LogP contribution in [0, 0.1) is 10.1 Å². The molecule has 1 aliphatic rings. The fraction of sp³-hybridized carbons (Fsp3) is 0.429. The normalized spacial score (nSPS) is 21.1. The van der Waals surface area contributed by atoms with E-state index in [2.05, 4.69) is 0 Å². The number of hydrogen-bond donors (Lipinski definition) is 0. The lowest BCUT2D eigenvalue weighted by Crippen LogP contribution is -2.56. The number of esters is 4. The first-order valence-electron chi connectivity index (χ1n) is 9.76. The zero-order chi connectivity index (χ0) is 24.5. The number of methoxy groups -OCH3 is 1. The molecule has 1 saturated heterocycles. The number of nitro groups is 1. The highest BCUT2D eigenvalue weighted by atomic mass is 16.6. The van der Waals surface area contributed by atoms with Gasteiger partial charge in [-0.2, -0.15) is 0 Å². The van der Waals surface area contributed by atoms with Crippen LogP contribution in [0.25, 0.3) is 6.08 Å². The number of nitro benzene ring substituents is 1. The summed E-state index contributed by atoms with van der Waals surface area (Å²) in [7, 11) is 1.32. The van der Waals surface area contributed by atoms with E-state index in [4.69, 9.17) is 23.7 Å². The first-order chi connectivity index (χ1) is 15.6. The van der Waals surface area contributed by atoms with Crippen molar-refractivity contribution in [1.29, 1.82) is 0 Å². The number of ether oxygens (including phenoxy) is 5. The van der Waals surface area contributed by atoms with Gasteiger partial charge in [-0.05, 0) is 23.8 Å². The molecule has 1 fully saturated rings. The van der Waals surface area contributed by atoms with Gasteiger partial charge in [0.1, 0.15) is 12.7 Å². The van der Waals surface area contributed by atoms with E-state index in [0.29, 0.717) is 5.56 Å². The molecule has 0 spiro atoms. The van der Waals surface area contributed by atoms with Crippen molar-refractivity contribution in [3.8, 4) is 0 Å². The highest BCUT2D eigenvalue weighted by Gasteiger charge is 2.47. The lowest BCUT2D eigenvalue weighted by atomic mass is 9.97. The third-order valence-corrected chi connectivity index (χ3v) is 4.52. The van der Waals surface area contributed by atoms with Gasteiger partial charge in [0, 0.05) is 39.2 Å². The Hall–Kier alpha value is -3.80. The summed E-state index contributed by atoms with van der Waals surface area (Å²) in [6, 6.07) is 5.44. The van der Waals surface area contributed by atoms with Crippen LogP contribution in [0.5, 0.6) is 0 Å². The minimum absolute atomic E-state index is 0.0994. The molecule has 1 aromatic carbocycles. The van der Waals surface area contributed by atoms with Crippen molar-refractivity contribution in [2.45, 2.75) is 44.7 Å². The second-order valence-electron chi connectivity index (χ2n) is 6.97. The van der Waals surface area contributed by atoms with Crippen LogP contribution < -0.4 is 0 Å². The number of nitrogens with zero attached hydrogens (tertiary/aromatic N) is 1. The van der Waals surface area contributed by atoms with E-state index in [0.717, 1.165) is 19.9 Å². The molecule has 12 heteroatoms. The summed E-state index contributed by atoms with van der Waals surface area (Å²) in [5.41, 5.74) is 0.408. The molecule has 0 unspecified atom stereocenters. The Kier molecular flexibility index (Phi) is 9.04. The van der Waals surface area contributed by atoms with Crippen LogP contribution in [0.3, 0.4) is 0 Å². The van der Waals surface area contributed by atoms with E-state index in [1.807, 2.05) is 0 Å². The summed E-state index contributed by atoms with van der Waals surface area (Å²) < 4.78 is 26.0. The number of carbonyl (C=O) groups is 4. The number of benzene rings is 1. The fourth-order valence-corrected chi connectivity index (χ4v) is 3.09. The lowest BCUT2D eigenvalue weighted by Gasteiger charge is -2.38. The van der Waals surface area contributed by atoms with Gasteiger partial charge in [-0.25, -0.2) is 4.79 Å². The minimum Gasteiger partial charge on any atom is -0.458 e. The SMILES string of the molecule is CO[C@H]1CC(=O)O[C@H]([C@@H](COC(=O)/C=C/c2ccc([N+](=O)[O-])cc2)OC(C)=O)[C@@H]1OC(C)=O. The van der Waals surface area contributed by atoms with Gasteiger partial charge < -0.3 is 23.7 Å².